The first-order valence-corrected chi connectivity index (χ1v) is 8.33. The van der Waals surface area contributed by atoms with E-state index in [1.54, 1.807) is 0 Å². The Kier molecular flexibility index (Phi) is 4.51. The van der Waals surface area contributed by atoms with Crippen LogP contribution in [0.3, 0.4) is 0 Å². The van der Waals surface area contributed by atoms with Gasteiger partial charge in [-0.25, -0.2) is 0 Å². The van der Waals surface area contributed by atoms with Gasteiger partial charge in [-0.05, 0) is 49.3 Å². The number of likely N-dealkylation sites (tertiary alicyclic amines) is 1. The second kappa shape index (κ2) is 6.37. The third-order valence-corrected chi connectivity index (χ3v) is 5.20. The normalized spacial score (nSPS) is 29.0. The molecule has 0 bridgehead atoms. The van der Waals surface area contributed by atoms with Gasteiger partial charge in [-0.2, -0.15) is 0 Å². The summed E-state index contributed by atoms with van der Waals surface area (Å²) in [7, 11) is 0. The lowest BCUT2D eigenvalue weighted by molar-refractivity contribution is -0.133. The van der Waals surface area contributed by atoms with Crippen LogP contribution in [0.15, 0.2) is 24.3 Å². The zero-order chi connectivity index (χ0) is 14.8. The highest BCUT2D eigenvalue weighted by Crippen LogP contribution is 2.35. The number of benzene rings is 1. The van der Waals surface area contributed by atoms with Gasteiger partial charge in [0, 0.05) is 24.0 Å². The van der Waals surface area contributed by atoms with E-state index in [9.17, 15) is 4.79 Å². The molecule has 21 heavy (non-hydrogen) atoms. The van der Waals surface area contributed by atoms with Gasteiger partial charge in [0.25, 0.3) is 0 Å². The van der Waals surface area contributed by atoms with Crippen molar-refractivity contribution in [3.05, 3.63) is 34.9 Å². The third kappa shape index (κ3) is 3.24. The molecule has 1 unspecified atom stereocenters. The molecule has 1 saturated carbocycles. The highest BCUT2D eigenvalue weighted by molar-refractivity contribution is 6.30. The molecule has 3 atom stereocenters. The average Bonchev–Trinajstić information content (AvgIpc) is 3.08. The van der Waals surface area contributed by atoms with Gasteiger partial charge in [0.2, 0.25) is 5.91 Å². The van der Waals surface area contributed by atoms with Crippen LogP contribution < -0.4 is 5.73 Å². The van der Waals surface area contributed by atoms with E-state index >= 15 is 0 Å². The van der Waals surface area contributed by atoms with Crippen LogP contribution >= 0.6 is 11.6 Å². The zero-order valence-corrected chi connectivity index (χ0v) is 13.1. The first kappa shape index (κ1) is 14.9. The van der Waals surface area contributed by atoms with E-state index in [0.717, 1.165) is 49.2 Å². The quantitative estimate of drug-likeness (QED) is 0.928. The lowest BCUT2D eigenvalue weighted by Gasteiger charge is -2.27. The second-order valence-corrected chi connectivity index (χ2v) is 6.80. The number of amides is 1. The first-order valence-electron chi connectivity index (χ1n) is 7.95. The molecule has 0 spiro atoms. The largest absolute Gasteiger partial charge is 0.336 e. The zero-order valence-electron chi connectivity index (χ0n) is 12.3. The van der Waals surface area contributed by atoms with Gasteiger partial charge in [0.1, 0.15) is 0 Å². The molecular weight excluding hydrogens is 284 g/mol. The Morgan fingerprint density at radius 1 is 1.29 bits per heavy atom. The Hall–Kier alpha value is -1.06. The molecular formula is C17H23ClN2O. The first-order chi connectivity index (χ1) is 10.1. The summed E-state index contributed by atoms with van der Waals surface area (Å²) < 4.78 is 0. The molecule has 3 rings (SSSR count). The summed E-state index contributed by atoms with van der Waals surface area (Å²) in [5.74, 6) is 0.637. The van der Waals surface area contributed by atoms with Gasteiger partial charge >= 0.3 is 0 Å². The van der Waals surface area contributed by atoms with Crippen LogP contribution in [0.25, 0.3) is 0 Å². The minimum absolute atomic E-state index is 0.189. The van der Waals surface area contributed by atoms with E-state index in [1.807, 2.05) is 23.1 Å². The molecule has 114 valence electrons. The minimum Gasteiger partial charge on any atom is -0.336 e. The van der Waals surface area contributed by atoms with Crippen molar-refractivity contribution in [2.24, 2.45) is 11.7 Å². The molecule has 1 amide bonds. The van der Waals surface area contributed by atoms with Gasteiger partial charge < -0.3 is 10.6 Å². The van der Waals surface area contributed by atoms with E-state index in [1.165, 1.54) is 0 Å². The fourth-order valence-electron chi connectivity index (χ4n) is 3.79. The maximum atomic E-state index is 12.7. The Balaban J connectivity index is 1.70. The summed E-state index contributed by atoms with van der Waals surface area (Å²) in [6, 6.07) is 8.30. The minimum atomic E-state index is 0.189. The number of carbonyl (C=O) groups excluding carboxylic acids is 1. The molecule has 0 aromatic heterocycles. The Bertz CT molecular complexity index is 519. The fourth-order valence-corrected chi connectivity index (χ4v) is 3.98. The van der Waals surface area contributed by atoms with Crippen molar-refractivity contribution in [3.63, 3.8) is 0 Å². The van der Waals surface area contributed by atoms with Crippen molar-refractivity contribution in [2.45, 2.75) is 50.6 Å². The number of hydrogen-bond donors (Lipinski definition) is 1. The summed E-state index contributed by atoms with van der Waals surface area (Å²) in [6.07, 6.45) is 6.04. The highest BCUT2D eigenvalue weighted by Gasteiger charge is 2.33. The number of nitrogens with two attached hydrogens (primary N) is 1. The lowest BCUT2D eigenvalue weighted by Crippen LogP contribution is -2.35. The lowest BCUT2D eigenvalue weighted by atomic mass is 9.98. The highest BCUT2D eigenvalue weighted by atomic mass is 35.5. The monoisotopic (exact) mass is 306 g/mol. The van der Waals surface area contributed by atoms with Crippen molar-refractivity contribution in [1.82, 2.24) is 4.90 Å². The van der Waals surface area contributed by atoms with Crippen molar-refractivity contribution in [3.8, 4) is 0 Å². The van der Waals surface area contributed by atoms with Crippen molar-refractivity contribution in [2.75, 3.05) is 6.54 Å². The van der Waals surface area contributed by atoms with Crippen LogP contribution in [0.2, 0.25) is 5.02 Å². The van der Waals surface area contributed by atoms with Gasteiger partial charge in [-0.3, -0.25) is 4.79 Å². The number of halogens is 1. The Morgan fingerprint density at radius 3 is 2.86 bits per heavy atom. The molecule has 2 aliphatic rings. The van der Waals surface area contributed by atoms with E-state index in [0.29, 0.717) is 12.3 Å². The van der Waals surface area contributed by atoms with Gasteiger partial charge in [-0.15, -0.1) is 0 Å². The number of nitrogens with zero attached hydrogens (tertiary/aromatic N) is 1. The summed E-state index contributed by atoms with van der Waals surface area (Å²) in [5, 5.41) is 0.740. The second-order valence-electron chi connectivity index (χ2n) is 6.36. The number of hydrogen-bond acceptors (Lipinski definition) is 2. The maximum absolute atomic E-state index is 12.7. The SMILES string of the molecule is N[C@@H]1CCC[C@H]1CC(=O)N1CCCC1c1cccc(Cl)c1. The van der Waals surface area contributed by atoms with Crippen molar-refractivity contribution >= 4 is 17.5 Å². The molecule has 4 heteroatoms. The van der Waals surface area contributed by atoms with Gasteiger partial charge in [0.15, 0.2) is 0 Å². The molecule has 2 fully saturated rings. The van der Waals surface area contributed by atoms with Crippen LogP contribution in [0, 0.1) is 5.92 Å². The van der Waals surface area contributed by atoms with E-state index < -0.39 is 0 Å². The third-order valence-electron chi connectivity index (χ3n) is 4.96. The summed E-state index contributed by atoms with van der Waals surface area (Å²) in [4.78, 5) is 14.7. The summed E-state index contributed by atoms with van der Waals surface area (Å²) in [5.41, 5.74) is 7.26. The Labute approximate surface area is 131 Å². The van der Waals surface area contributed by atoms with E-state index in [2.05, 4.69) is 6.07 Å². The van der Waals surface area contributed by atoms with Crippen LogP contribution in [-0.4, -0.2) is 23.4 Å². The molecule has 2 N–H and O–H groups in total. The van der Waals surface area contributed by atoms with E-state index in [-0.39, 0.29) is 18.0 Å². The van der Waals surface area contributed by atoms with Gasteiger partial charge in [-0.1, -0.05) is 30.2 Å². The van der Waals surface area contributed by atoms with Crippen LogP contribution in [0.4, 0.5) is 0 Å². The average molecular weight is 307 g/mol. The molecule has 1 saturated heterocycles. The van der Waals surface area contributed by atoms with Crippen LogP contribution in [0.1, 0.15) is 50.1 Å². The molecule has 1 heterocycles. The van der Waals surface area contributed by atoms with E-state index in [4.69, 9.17) is 17.3 Å². The fraction of sp³-hybridized carbons (Fsp3) is 0.588. The van der Waals surface area contributed by atoms with Crippen molar-refractivity contribution < 1.29 is 4.79 Å². The molecule has 1 aromatic rings. The van der Waals surface area contributed by atoms with Crippen LogP contribution in [-0.2, 0) is 4.79 Å². The molecule has 1 aliphatic heterocycles. The van der Waals surface area contributed by atoms with Crippen LogP contribution in [0.5, 0.6) is 0 Å². The van der Waals surface area contributed by atoms with Gasteiger partial charge in [0.05, 0.1) is 6.04 Å². The molecule has 0 radical (unpaired) electrons. The Morgan fingerprint density at radius 2 is 2.14 bits per heavy atom. The summed E-state index contributed by atoms with van der Waals surface area (Å²) >= 11 is 6.09. The molecule has 3 nitrogen and oxygen atoms in total. The predicted molar refractivity (Wildman–Crippen MR) is 85.1 cm³/mol. The standard InChI is InChI=1S/C17H23ClN2O/c18-14-6-1-5-13(10-14)16-8-3-9-20(16)17(21)11-12-4-2-7-15(12)19/h1,5-6,10,12,15-16H,2-4,7-9,11,19H2/t12-,15+,16?/m0/s1. The van der Waals surface area contributed by atoms with Crippen molar-refractivity contribution in [1.29, 1.82) is 0 Å². The summed E-state index contributed by atoms with van der Waals surface area (Å²) in [6.45, 7) is 0.859. The maximum Gasteiger partial charge on any atom is 0.223 e. The topological polar surface area (TPSA) is 46.3 Å². The molecule has 1 aromatic carbocycles. The smallest absolute Gasteiger partial charge is 0.223 e. The number of rotatable bonds is 3. The molecule has 1 aliphatic carbocycles. The predicted octanol–water partition coefficient (Wildman–Crippen LogP) is 3.52. The number of carbonyl (C=O) groups is 1.